The summed E-state index contributed by atoms with van der Waals surface area (Å²) >= 11 is 0. The van der Waals surface area contributed by atoms with Crippen LogP contribution in [0.25, 0.3) is 11.5 Å². The van der Waals surface area contributed by atoms with E-state index < -0.39 is 0 Å². The molecule has 2 aromatic carbocycles. The Balaban J connectivity index is 1.74. The third-order valence-corrected chi connectivity index (χ3v) is 3.54. The first-order chi connectivity index (χ1) is 11.3. The minimum absolute atomic E-state index is 0.0497. The molecule has 0 fully saturated rings. The number of hydrogen-bond acceptors (Lipinski definition) is 3. The topological polar surface area (TPSA) is 46.3 Å². The summed E-state index contributed by atoms with van der Waals surface area (Å²) < 4.78 is 5.73. The number of nitrogens with zero attached hydrogens (tertiary/aromatic N) is 1. The first-order valence-corrected chi connectivity index (χ1v) is 7.46. The molecule has 0 bridgehead atoms. The van der Waals surface area contributed by atoms with Crippen molar-refractivity contribution < 1.29 is 9.52 Å². The highest BCUT2D eigenvalue weighted by Gasteiger charge is 2.09. The molecule has 1 aromatic heterocycles. The summed E-state index contributed by atoms with van der Waals surface area (Å²) in [5.74, 6) is 7.66. The smallest absolute Gasteiger partial charge is 0.226 e. The lowest BCUT2D eigenvalue weighted by atomic mass is 10.1. The number of hydrogen-bond donors (Lipinski definition) is 1. The zero-order chi connectivity index (χ0) is 16.1. The average molecular weight is 303 g/mol. The first-order valence-electron chi connectivity index (χ1n) is 7.46. The van der Waals surface area contributed by atoms with E-state index in [9.17, 15) is 0 Å². The van der Waals surface area contributed by atoms with Crippen molar-refractivity contribution in [2.24, 2.45) is 0 Å². The molecule has 0 radical (unpaired) electrons. The van der Waals surface area contributed by atoms with E-state index in [0.29, 0.717) is 12.3 Å². The number of aryl methyl sites for hydroxylation is 1. The van der Waals surface area contributed by atoms with E-state index in [-0.39, 0.29) is 6.61 Å². The summed E-state index contributed by atoms with van der Waals surface area (Å²) in [4.78, 5) is 4.54. The predicted octanol–water partition coefficient (Wildman–Crippen LogP) is 3.74. The van der Waals surface area contributed by atoms with Gasteiger partial charge >= 0.3 is 0 Å². The zero-order valence-corrected chi connectivity index (χ0v) is 12.9. The van der Waals surface area contributed by atoms with Crippen molar-refractivity contribution >= 4 is 0 Å². The Hall–Kier alpha value is -2.83. The van der Waals surface area contributed by atoms with Gasteiger partial charge in [-0.15, -0.1) is 0 Å². The van der Waals surface area contributed by atoms with Crippen molar-refractivity contribution in [3.05, 3.63) is 77.2 Å². The molecule has 23 heavy (non-hydrogen) atoms. The minimum atomic E-state index is 0.0497. The van der Waals surface area contributed by atoms with E-state index in [1.54, 1.807) is 0 Å². The number of aliphatic hydroxyl groups excluding tert-OH is 1. The highest BCUT2D eigenvalue weighted by molar-refractivity contribution is 5.53. The van der Waals surface area contributed by atoms with Gasteiger partial charge in [0.1, 0.15) is 5.76 Å². The summed E-state index contributed by atoms with van der Waals surface area (Å²) in [5, 5.41) is 9.03. The molecule has 1 heterocycles. The normalized spacial score (nSPS) is 10.2. The SMILES string of the molecule is Cc1oc(-c2ccccc2)nc1CC#Cc1ccc(CO)cc1. The Bertz CT molecular complexity index is 837. The van der Waals surface area contributed by atoms with Crippen LogP contribution in [0, 0.1) is 18.8 Å². The van der Waals surface area contributed by atoms with Crippen LogP contribution < -0.4 is 0 Å². The fourth-order valence-electron chi connectivity index (χ4n) is 2.22. The molecular formula is C20H17NO2. The van der Waals surface area contributed by atoms with Crippen molar-refractivity contribution in [2.45, 2.75) is 20.0 Å². The maximum absolute atomic E-state index is 9.03. The number of rotatable bonds is 3. The molecule has 0 amide bonds. The van der Waals surface area contributed by atoms with E-state index in [1.165, 1.54) is 0 Å². The van der Waals surface area contributed by atoms with Crippen molar-refractivity contribution in [2.75, 3.05) is 0 Å². The summed E-state index contributed by atoms with van der Waals surface area (Å²) in [6, 6.07) is 17.4. The molecule has 0 saturated carbocycles. The molecule has 0 aliphatic heterocycles. The molecule has 3 aromatic rings. The van der Waals surface area contributed by atoms with Crippen LogP contribution in [0.1, 0.15) is 22.6 Å². The van der Waals surface area contributed by atoms with E-state index in [2.05, 4.69) is 16.8 Å². The van der Waals surface area contributed by atoms with Gasteiger partial charge in [0.25, 0.3) is 0 Å². The lowest BCUT2D eigenvalue weighted by Gasteiger charge is -1.94. The van der Waals surface area contributed by atoms with E-state index in [1.807, 2.05) is 61.5 Å². The highest BCUT2D eigenvalue weighted by atomic mass is 16.4. The Morgan fingerprint density at radius 1 is 1.04 bits per heavy atom. The number of aliphatic hydroxyl groups is 1. The van der Waals surface area contributed by atoms with Gasteiger partial charge in [0.2, 0.25) is 5.89 Å². The number of benzene rings is 2. The van der Waals surface area contributed by atoms with Gasteiger partial charge < -0.3 is 9.52 Å². The zero-order valence-electron chi connectivity index (χ0n) is 12.9. The lowest BCUT2D eigenvalue weighted by Crippen LogP contribution is -1.86. The van der Waals surface area contributed by atoms with Crippen LogP contribution >= 0.6 is 0 Å². The fourth-order valence-corrected chi connectivity index (χ4v) is 2.22. The monoisotopic (exact) mass is 303 g/mol. The molecule has 0 aliphatic rings. The van der Waals surface area contributed by atoms with E-state index in [4.69, 9.17) is 9.52 Å². The average Bonchev–Trinajstić information content (AvgIpc) is 2.97. The van der Waals surface area contributed by atoms with E-state index >= 15 is 0 Å². The quantitative estimate of drug-likeness (QED) is 0.750. The molecule has 3 nitrogen and oxygen atoms in total. The Kier molecular flexibility index (Phi) is 4.56. The number of oxazole rings is 1. The van der Waals surface area contributed by atoms with Crippen molar-refractivity contribution in [1.82, 2.24) is 4.98 Å². The molecular weight excluding hydrogens is 286 g/mol. The summed E-state index contributed by atoms with van der Waals surface area (Å²) in [7, 11) is 0. The van der Waals surface area contributed by atoms with Crippen LogP contribution in [-0.2, 0) is 13.0 Å². The maximum atomic E-state index is 9.03. The second kappa shape index (κ2) is 6.95. The predicted molar refractivity (Wildman–Crippen MR) is 89.6 cm³/mol. The van der Waals surface area contributed by atoms with Crippen LogP contribution in [0.4, 0.5) is 0 Å². The van der Waals surface area contributed by atoms with Crippen molar-refractivity contribution in [1.29, 1.82) is 0 Å². The lowest BCUT2D eigenvalue weighted by molar-refractivity contribution is 0.282. The molecule has 0 spiro atoms. The standard InChI is InChI=1S/C20H17NO2/c1-15-19(21-20(23-15)18-7-3-2-4-8-18)9-5-6-16-10-12-17(14-22)13-11-16/h2-4,7-8,10-13,22H,9,14H2,1H3. The molecule has 3 rings (SSSR count). The Morgan fingerprint density at radius 2 is 1.78 bits per heavy atom. The second-order valence-electron chi connectivity index (χ2n) is 5.22. The third-order valence-electron chi connectivity index (χ3n) is 3.54. The van der Waals surface area contributed by atoms with Crippen molar-refractivity contribution in [3.63, 3.8) is 0 Å². The van der Waals surface area contributed by atoms with Crippen molar-refractivity contribution in [3.8, 4) is 23.3 Å². The first kappa shape index (κ1) is 15.1. The van der Waals surface area contributed by atoms with Gasteiger partial charge in [0, 0.05) is 11.1 Å². The molecule has 0 saturated heterocycles. The fraction of sp³-hybridized carbons (Fsp3) is 0.150. The van der Waals surface area contributed by atoms with Crippen LogP contribution in [-0.4, -0.2) is 10.1 Å². The summed E-state index contributed by atoms with van der Waals surface area (Å²) in [5.41, 5.74) is 3.64. The van der Waals surface area contributed by atoms with Gasteiger partial charge in [-0.25, -0.2) is 4.98 Å². The van der Waals surface area contributed by atoms with Crippen LogP contribution in [0.5, 0.6) is 0 Å². The molecule has 1 N–H and O–H groups in total. The van der Waals surface area contributed by atoms with Gasteiger partial charge in [-0.3, -0.25) is 0 Å². The molecule has 0 atom stereocenters. The molecule has 0 aliphatic carbocycles. The highest BCUT2D eigenvalue weighted by Crippen LogP contribution is 2.21. The largest absolute Gasteiger partial charge is 0.441 e. The Labute approximate surface area is 135 Å². The van der Waals surface area contributed by atoms with Crippen LogP contribution in [0.3, 0.4) is 0 Å². The van der Waals surface area contributed by atoms with Gasteiger partial charge in [-0.2, -0.15) is 0 Å². The Morgan fingerprint density at radius 3 is 2.48 bits per heavy atom. The molecule has 114 valence electrons. The second-order valence-corrected chi connectivity index (χ2v) is 5.22. The van der Waals surface area contributed by atoms with Gasteiger partial charge in [-0.05, 0) is 36.8 Å². The summed E-state index contributed by atoms with van der Waals surface area (Å²) in [6.45, 7) is 1.96. The summed E-state index contributed by atoms with van der Waals surface area (Å²) in [6.07, 6.45) is 0.546. The van der Waals surface area contributed by atoms with Gasteiger partial charge in [-0.1, -0.05) is 42.2 Å². The minimum Gasteiger partial charge on any atom is -0.441 e. The van der Waals surface area contributed by atoms with E-state index in [0.717, 1.165) is 28.1 Å². The molecule has 3 heteroatoms. The number of aromatic nitrogens is 1. The van der Waals surface area contributed by atoms with Gasteiger partial charge in [0.15, 0.2) is 0 Å². The third kappa shape index (κ3) is 3.68. The van der Waals surface area contributed by atoms with Crippen LogP contribution in [0.15, 0.2) is 59.0 Å². The van der Waals surface area contributed by atoms with Crippen LogP contribution in [0.2, 0.25) is 0 Å². The maximum Gasteiger partial charge on any atom is 0.226 e. The molecule has 0 unspecified atom stereocenters. The van der Waals surface area contributed by atoms with Gasteiger partial charge in [0.05, 0.1) is 18.7 Å².